The lowest BCUT2D eigenvalue weighted by Gasteiger charge is -2.01. The molecule has 3 N–H and O–H groups in total. The van der Waals surface area contributed by atoms with Gasteiger partial charge in [-0.25, -0.2) is 0 Å². The first-order valence-electron chi connectivity index (χ1n) is 1.29. The first kappa shape index (κ1) is 6.19. The van der Waals surface area contributed by atoms with Crippen molar-refractivity contribution in [3.8, 4) is 0 Å². The third-order valence-electron chi connectivity index (χ3n) is 0.179. The van der Waals surface area contributed by atoms with Crippen molar-refractivity contribution >= 4 is 0 Å². The van der Waals surface area contributed by atoms with Gasteiger partial charge in [0.05, 0.1) is 0 Å². The van der Waals surface area contributed by atoms with Gasteiger partial charge in [0.15, 0.2) is 0 Å². The number of nitrogens with zero attached hydrogens (tertiary/aromatic N) is 3. The molecule has 0 saturated heterocycles. The van der Waals surface area contributed by atoms with Gasteiger partial charge >= 0.3 is 6.10 Å². The average molecular weight is 105 g/mol. The highest BCUT2D eigenvalue weighted by molar-refractivity contribution is 4.43. The van der Waals surface area contributed by atoms with E-state index in [1.807, 2.05) is 4.91 Å². The molecule has 0 aromatic carbocycles. The lowest BCUT2D eigenvalue weighted by Crippen LogP contribution is -2.22. The maximum absolute atomic E-state index is 7.71. The van der Waals surface area contributed by atoms with E-state index in [1.54, 1.807) is 0 Å². The van der Waals surface area contributed by atoms with Crippen molar-refractivity contribution in [3.05, 3.63) is 10.4 Å². The van der Waals surface area contributed by atoms with Crippen molar-refractivity contribution in [2.45, 2.75) is 6.10 Å². The van der Waals surface area contributed by atoms with Crippen LogP contribution in [-0.4, -0.2) is 21.4 Å². The van der Waals surface area contributed by atoms with Crippen molar-refractivity contribution in [2.75, 3.05) is 0 Å². The Kier molecular flexibility index (Phi) is 1.56. The summed E-state index contributed by atoms with van der Waals surface area (Å²) >= 11 is 0. The molecule has 6 heteroatoms. The van der Waals surface area contributed by atoms with Crippen LogP contribution in [0.3, 0.4) is 0 Å². The fourth-order valence-corrected chi connectivity index (χ4v) is 0.0600. The summed E-state index contributed by atoms with van der Waals surface area (Å²) in [5, 5.41) is 25.2. The zero-order valence-corrected chi connectivity index (χ0v) is 3.18. The molecule has 0 rings (SSSR count). The average Bonchev–Trinajstić information content (AvgIpc) is 1.30. The lowest BCUT2D eigenvalue weighted by atomic mass is 11.0. The summed E-state index contributed by atoms with van der Waals surface area (Å²) in [6, 6.07) is 0. The molecule has 0 spiro atoms. The number of azide groups is 1. The summed E-state index contributed by atoms with van der Waals surface area (Å²) in [7, 11) is 0. The molecule has 0 fully saturated rings. The molecular weight excluding hydrogens is 102 g/mol. The van der Waals surface area contributed by atoms with Gasteiger partial charge in [-0.15, -0.1) is 0 Å². The first-order valence-corrected chi connectivity index (χ1v) is 1.29. The number of aliphatic hydroxyl groups is 3. The van der Waals surface area contributed by atoms with Crippen LogP contribution in [-0.2, 0) is 0 Å². The Morgan fingerprint density at radius 2 is 1.86 bits per heavy atom. The van der Waals surface area contributed by atoms with Gasteiger partial charge in [-0.2, -0.15) is 0 Å². The highest BCUT2D eigenvalue weighted by Gasteiger charge is 2.12. The Labute approximate surface area is 38.3 Å². The van der Waals surface area contributed by atoms with Crippen LogP contribution in [0.1, 0.15) is 0 Å². The maximum Gasteiger partial charge on any atom is 0.360 e. The second kappa shape index (κ2) is 1.76. The van der Waals surface area contributed by atoms with Crippen LogP contribution in [0, 0.1) is 0 Å². The molecule has 0 aromatic rings. The summed E-state index contributed by atoms with van der Waals surface area (Å²) in [5.41, 5.74) is 7.38. The molecular formula is CH3N3O3. The van der Waals surface area contributed by atoms with Gasteiger partial charge in [0, 0.05) is 10.0 Å². The molecule has 6 nitrogen and oxygen atoms in total. The monoisotopic (exact) mass is 105 g/mol. The molecule has 0 amide bonds. The molecule has 40 valence electrons. The van der Waals surface area contributed by atoms with Crippen LogP contribution in [0.15, 0.2) is 5.11 Å². The molecule has 7 heavy (non-hydrogen) atoms. The minimum atomic E-state index is -3.24. The molecule has 0 heterocycles. The Morgan fingerprint density at radius 1 is 1.43 bits per heavy atom. The van der Waals surface area contributed by atoms with Crippen molar-refractivity contribution < 1.29 is 15.3 Å². The lowest BCUT2D eigenvalue weighted by molar-refractivity contribution is -0.305. The highest BCUT2D eigenvalue weighted by atomic mass is 16.7. The van der Waals surface area contributed by atoms with Crippen molar-refractivity contribution in [3.63, 3.8) is 0 Å². The molecule has 0 aliphatic heterocycles. The second-order valence-electron chi connectivity index (χ2n) is 0.789. The zero-order chi connectivity index (χ0) is 5.91. The molecule has 0 aliphatic carbocycles. The number of rotatable bonds is 1. The number of hydrogen-bond donors (Lipinski definition) is 3. The molecule has 0 atom stereocenters. The Balaban J connectivity index is 3.80. The normalized spacial score (nSPS) is 10.1. The SMILES string of the molecule is [N-]=[N+]=NC(O)(O)O. The maximum atomic E-state index is 7.71. The molecule has 0 saturated carbocycles. The van der Waals surface area contributed by atoms with Gasteiger partial charge in [0.25, 0.3) is 0 Å². The van der Waals surface area contributed by atoms with E-state index in [0.717, 1.165) is 0 Å². The molecule has 0 radical (unpaired) electrons. The van der Waals surface area contributed by atoms with Crippen LogP contribution < -0.4 is 0 Å². The van der Waals surface area contributed by atoms with Crippen LogP contribution in [0.2, 0.25) is 0 Å². The summed E-state index contributed by atoms with van der Waals surface area (Å²) < 4.78 is 0. The molecule has 0 unspecified atom stereocenters. The van der Waals surface area contributed by atoms with Crippen LogP contribution in [0.5, 0.6) is 0 Å². The topological polar surface area (TPSA) is 109 Å². The Hall–Kier alpha value is -0.810. The third kappa shape index (κ3) is 5.19. The van der Waals surface area contributed by atoms with Crippen LogP contribution >= 0.6 is 0 Å². The smallest absolute Gasteiger partial charge is 0.339 e. The van der Waals surface area contributed by atoms with Crippen LogP contribution in [0.4, 0.5) is 0 Å². The van der Waals surface area contributed by atoms with E-state index in [2.05, 4.69) is 5.11 Å². The van der Waals surface area contributed by atoms with Gasteiger partial charge < -0.3 is 15.3 Å². The van der Waals surface area contributed by atoms with Crippen molar-refractivity contribution in [1.82, 2.24) is 0 Å². The van der Waals surface area contributed by atoms with E-state index in [-0.39, 0.29) is 0 Å². The van der Waals surface area contributed by atoms with Gasteiger partial charge in [0.2, 0.25) is 0 Å². The summed E-state index contributed by atoms with van der Waals surface area (Å²) in [4.78, 5) is 1.88. The van der Waals surface area contributed by atoms with Crippen molar-refractivity contribution in [2.24, 2.45) is 5.11 Å². The van der Waals surface area contributed by atoms with E-state index in [1.165, 1.54) is 0 Å². The van der Waals surface area contributed by atoms with Gasteiger partial charge in [-0.3, -0.25) is 0 Å². The predicted molar refractivity (Wildman–Crippen MR) is 18.5 cm³/mol. The predicted octanol–water partition coefficient (Wildman–Crippen LogP) is -1.12. The number of hydrogen-bond acceptors (Lipinski definition) is 4. The fraction of sp³-hybridized carbons (Fsp3) is 1.00. The van der Waals surface area contributed by atoms with E-state index in [9.17, 15) is 0 Å². The quantitative estimate of drug-likeness (QED) is 0.170. The summed E-state index contributed by atoms with van der Waals surface area (Å²) in [5.74, 6) is 0. The molecule has 0 aliphatic rings. The Bertz CT molecular complexity index is 97.2. The second-order valence-corrected chi connectivity index (χ2v) is 0.789. The largest absolute Gasteiger partial charge is 0.360 e. The van der Waals surface area contributed by atoms with E-state index in [0.29, 0.717) is 0 Å². The fourth-order valence-electron chi connectivity index (χ4n) is 0.0600. The minimum absolute atomic E-state index is 1.88. The summed E-state index contributed by atoms with van der Waals surface area (Å²) in [6.07, 6.45) is -3.24. The summed E-state index contributed by atoms with van der Waals surface area (Å²) in [6.45, 7) is 0. The van der Waals surface area contributed by atoms with Gasteiger partial charge in [-0.05, 0) is 5.53 Å². The van der Waals surface area contributed by atoms with E-state index < -0.39 is 6.10 Å². The first-order chi connectivity index (χ1) is 3.06. The minimum Gasteiger partial charge on any atom is -0.339 e. The molecule has 0 aromatic heterocycles. The van der Waals surface area contributed by atoms with Crippen molar-refractivity contribution in [1.29, 1.82) is 0 Å². The van der Waals surface area contributed by atoms with Gasteiger partial charge in [0.1, 0.15) is 0 Å². The Morgan fingerprint density at radius 3 is 1.86 bits per heavy atom. The van der Waals surface area contributed by atoms with Gasteiger partial charge in [-0.1, -0.05) is 0 Å². The standard InChI is InChI=1S/CH3N3O3/c2-4-3-1(5,6)7/h5-7H. The highest BCUT2D eigenvalue weighted by Crippen LogP contribution is 1.91. The molecule has 0 bridgehead atoms. The van der Waals surface area contributed by atoms with E-state index in [4.69, 9.17) is 20.9 Å². The zero-order valence-electron chi connectivity index (χ0n) is 3.18. The van der Waals surface area contributed by atoms with E-state index >= 15 is 0 Å². The third-order valence-corrected chi connectivity index (χ3v) is 0.179. The van der Waals surface area contributed by atoms with Crippen LogP contribution in [0.25, 0.3) is 10.4 Å².